The minimum Gasteiger partial charge on any atom is -0.480 e. The maximum absolute atomic E-state index is 11.5. The number of aliphatic carboxylic acids is 1. The number of hydrogen-bond acceptors (Lipinski definition) is 4. The van der Waals surface area contributed by atoms with Crippen LogP contribution in [0.4, 0.5) is 0 Å². The van der Waals surface area contributed by atoms with Gasteiger partial charge in [-0.05, 0) is 58.0 Å². The van der Waals surface area contributed by atoms with Crippen molar-refractivity contribution >= 4 is 5.97 Å². The molecule has 0 aromatic heterocycles. The second kappa shape index (κ2) is 7.07. The topological polar surface area (TPSA) is 61.8 Å². The lowest BCUT2D eigenvalue weighted by molar-refractivity contribution is -0.144. The van der Waals surface area contributed by atoms with E-state index in [0.717, 1.165) is 45.3 Å². The zero-order valence-corrected chi connectivity index (χ0v) is 13.6. The first-order valence-electron chi connectivity index (χ1n) is 8.21. The number of ether oxygens (including phenoxy) is 1. The molecular formula is C16H30N2O3. The monoisotopic (exact) mass is 298 g/mol. The van der Waals surface area contributed by atoms with Crippen LogP contribution in [0.25, 0.3) is 0 Å². The highest BCUT2D eigenvalue weighted by Crippen LogP contribution is 2.25. The Hall–Kier alpha value is -0.650. The van der Waals surface area contributed by atoms with E-state index in [1.807, 2.05) is 6.92 Å². The second-order valence-electron chi connectivity index (χ2n) is 7.00. The normalized spacial score (nSPS) is 30.0. The van der Waals surface area contributed by atoms with Gasteiger partial charge in [-0.25, -0.2) is 0 Å². The number of nitrogens with zero attached hydrogens (tertiary/aromatic N) is 1. The van der Waals surface area contributed by atoms with Crippen LogP contribution in [0, 0.1) is 5.92 Å². The Labute approximate surface area is 128 Å². The van der Waals surface area contributed by atoms with Gasteiger partial charge in [-0.1, -0.05) is 6.92 Å². The summed E-state index contributed by atoms with van der Waals surface area (Å²) in [4.78, 5) is 13.9. The molecule has 122 valence electrons. The summed E-state index contributed by atoms with van der Waals surface area (Å²) in [5.41, 5.74) is -0.773. The molecule has 2 fully saturated rings. The molecule has 1 saturated heterocycles. The molecule has 5 nitrogen and oxygen atoms in total. The molecule has 1 heterocycles. The maximum atomic E-state index is 11.5. The number of carboxylic acid groups (broad SMARTS) is 1. The Balaban J connectivity index is 1.75. The van der Waals surface area contributed by atoms with Crippen molar-refractivity contribution in [2.24, 2.45) is 5.92 Å². The first kappa shape index (κ1) is 16.7. The first-order chi connectivity index (χ1) is 9.94. The lowest BCUT2D eigenvalue weighted by atomic mass is 9.93. The Morgan fingerprint density at radius 2 is 2.14 bits per heavy atom. The van der Waals surface area contributed by atoms with Crippen molar-refractivity contribution in [2.75, 3.05) is 26.7 Å². The van der Waals surface area contributed by atoms with E-state index in [1.165, 1.54) is 0 Å². The predicted molar refractivity (Wildman–Crippen MR) is 82.5 cm³/mol. The fourth-order valence-corrected chi connectivity index (χ4v) is 3.18. The van der Waals surface area contributed by atoms with Crippen molar-refractivity contribution < 1.29 is 14.6 Å². The minimum atomic E-state index is -0.773. The molecule has 3 unspecified atom stereocenters. The molecule has 0 radical (unpaired) electrons. The number of carboxylic acids is 1. The van der Waals surface area contributed by atoms with E-state index in [9.17, 15) is 9.90 Å². The second-order valence-corrected chi connectivity index (χ2v) is 7.00. The zero-order valence-electron chi connectivity index (χ0n) is 13.6. The van der Waals surface area contributed by atoms with Crippen molar-refractivity contribution in [1.29, 1.82) is 0 Å². The van der Waals surface area contributed by atoms with Crippen LogP contribution in [0.2, 0.25) is 0 Å². The molecule has 21 heavy (non-hydrogen) atoms. The number of carbonyl (C=O) groups is 1. The third-order valence-corrected chi connectivity index (χ3v) is 5.00. The summed E-state index contributed by atoms with van der Waals surface area (Å²) < 4.78 is 5.53. The van der Waals surface area contributed by atoms with E-state index in [1.54, 1.807) is 7.11 Å². The van der Waals surface area contributed by atoms with E-state index in [0.29, 0.717) is 24.5 Å². The quantitative estimate of drug-likeness (QED) is 0.714. The van der Waals surface area contributed by atoms with Crippen LogP contribution < -0.4 is 5.32 Å². The van der Waals surface area contributed by atoms with Gasteiger partial charge >= 0.3 is 5.97 Å². The van der Waals surface area contributed by atoms with E-state index < -0.39 is 11.5 Å². The molecule has 0 aromatic rings. The molecular weight excluding hydrogens is 268 g/mol. The Morgan fingerprint density at radius 3 is 2.71 bits per heavy atom. The predicted octanol–water partition coefficient (Wildman–Crippen LogP) is 1.72. The minimum absolute atomic E-state index is 0.314. The Kier molecular flexibility index (Phi) is 5.63. The average Bonchev–Trinajstić information content (AvgIpc) is 3.24. The van der Waals surface area contributed by atoms with Gasteiger partial charge in [-0.3, -0.25) is 10.1 Å². The SMILES string of the molecule is COC1CN(CCCC(C)(NC2CC2)C(=O)O)CCC1C. The molecule has 2 N–H and O–H groups in total. The van der Waals surface area contributed by atoms with Gasteiger partial charge in [-0.15, -0.1) is 0 Å². The number of methoxy groups -OCH3 is 1. The highest BCUT2D eigenvalue weighted by Gasteiger charge is 2.38. The third kappa shape index (κ3) is 4.66. The summed E-state index contributed by atoms with van der Waals surface area (Å²) >= 11 is 0. The van der Waals surface area contributed by atoms with Crippen LogP contribution in [0.1, 0.15) is 46.0 Å². The summed E-state index contributed by atoms with van der Waals surface area (Å²) in [6, 6.07) is 0.416. The summed E-state index contributed by atoms with van der Waals surface area (Å²) in [6.07, 6.45) is 5.30. The molecule has 2 aliphatic rings. The lowest BCUT2D eigenvalue weighted by Gasteiger charge is -2.36. The summed E-state index contributed by atoms with van der Waals surface area (Å²) in [6.45, 7) is 7.09. The van der Waals surface area contributed by atoms with Crippen molar-refractivity contribution in [3.8, 4) is 0 Å². The van der Waals surface area contributed by atoms with Crippen molar-refractivity contribution in [3.05, 3.63) is 0 Å². The van der Waals surface area contributed by atoms with Crippen LogP contribution >= 0.6 is 0 Å². The van der Waals surface area contributed by atoms with Gasteiger partial charge in [0, 0.05) is 19.7 Å². The largest absolute Gasteiger partial charge is 0.480 e. The van der Waals surface area contributed by atoms with Crippen molar-refractivity contribution in [3.63, 3.8) is 0 Å². The van der Waals surface area contributed by atoms with Crippen LogP contribution in [-0.4, -0.2) is 60.4 Å². The lowest BCUT2D eigenvalue weighted by Crippen LogP contribution is -2.51. The van der Waals surface area contributed by atoms with Crippen LogP contribution in [-0.2, 0) is 9.53 Å². The van der Waals surface area contributed by atoms with Crippen LogP contribution in [0.3, 0.4) is 0 Å². The molecule has 0 bridgehead atoms. The van der Waals surface area contributed by atoms with Gasteiger partial charge in [0.05, 0.1) is 6.10 Å². The van der Waals surface area contributed by atoms with Crippen molar-refractivity contribution in [1.82, 2.24) is 10.2 Å². The fraction of sp³-hybridized carbons (Fsp3) is 0.938. The highest BCUT2D eigenvalue weighted by molar-refractivity contribution is 5.78. The summed E-state index contributed by atoms with van der Waals surface area (Å²) in [5, 5.41) is 12.8. The molecule has 0 amide bonds. The fourth-order valence-electron chi connectivity index (χ4n) is 3.18. The van der Waals surface area contributed by atoms with Crippen LogP contribution in [0.15, 0.2) is 0 Å². The highest BCUT2D eigenvalue weighted by atomic mass is 16.5. The van der Waals surface area contributed by atoms with Gasteiger partial charge < -0.3 is 14.7 Å². The molecule has 1 aliphatic heterocycles. The van der Waals surface area contributed by atoms with Gasteiger partial charge in [0.2, 0.25) is 0 Å². The van der Waals surface area contributed by atoms with Gasteiger partial charge in [-0.2, -0.15) is 0 Å². The van der Waals surface area contributed by atoms with E-state index in [4.69, 9.17) is 4.74 Å². The van der Waals surface area contributed by atoms with Crippen LogP contribution in [0.5, 0.6) is 0 Å². The van der Waals surface area contributed by atoms with Crippen molar-refractivity contribution in [2.45, 2.75) is 63.6 Å². The Morgan fingerprint density at radius 1 is 1.43 bits per heavy atom. The smallest absolute Gasteiger partial charge is 0.323 e. The number of rotatable bonds is 8. The number of likely N-dealkylation sites (tertiary alicyclic amines) is 1. The molecule has 0 spiro atoms. The van der Waals surface area contributed by atoms with E-state index >= 15 is 0 Å². The van der Waals surface area contributed by atoms with Gasteiger partial charge in [0.25, 0.3) is 0 Å². The molecule has 1 aliphatic carbocycles. The summed E-state index contributed by atoms with van der Waals surface area (Å²) in [5.74, 6) is -0.108. The number of nitrogens with one attached hydrogen (secondary N) is 1. The zero-order chi connectivity index (χ0) is 15.5. The van der Waals surface area contributed by atoms with Gasteiger partial charge in [0.15, 0.2) is 0 Å². The number of piperidine rings is 1. The first-order valence-corrected chi connectivity index (χ1v) is 8.21. The van der Waals surface area contributed by atoms with Gasteiger partial charge in [0.1, 0.15) is 5.54 Å². The third-order valence-electron chi connectivity index (χ3n) is 5.00. The molecule has 2 rings (SSSR count). The standard InChI is InChI=1S/C16H30N2O3/c1-12-7-10-18(11-14(12)21-3)9-4-8-16(2,15(19)20)17-13-5-6-13/h12-14,17H,4-11H2,1-3H3,(H,19,20). The molecule has 3 atom stereocenters. The molecule has 5 heteroatoms. The summed E-state index contributed by atoms with van der Waals surface area (Å²) in [7, 11) is 1.78. The molecule has 0 aromatic carbocycles. The number of hydrogen-bond donors (Lipinski definition) is 2. The average molecular weight is 298 g/mol. The molecule has 1 saturated carbocycles. The van der Waals surface area contributed by atoms with E-state index in [2.05, 4.69) is 17.1 Å². The van der Waals surface area contributed by atoms with E-state index in [-0.39, 0.29) is 0 Å². The maximum Gasteiger partial charge on any atom is 0.323 e. The Bertz CT molecular complexity index is 359.